The molecule has 0 aromatic rings. The van der Waals surface area contributed by atoms with E-state index in [4.69, 9.17) is 0 Å². The SMILES string of the molecule is CCCCN1NC2CCCCC2C1=O. The Labute approximate surface area is 85.8 Å². The lowest BCUT2D eigenvalue weighted by molar-refractivity contribution is -0.132. The van der Waals surface area contributed by atoms with Gasteiger partial charge in [-0.3, -0.25) is 9.80 Å². The standard InChI is InChI=1S/C11H20N2O/c1-2-3-8-13-11(14)9-6-4-5-7-10(9)12-13/h9-10,12H,2-8H2,1H3. The van der Waals surface area contributed by atoms with Gasteiger partial charge in [0.2, 0.25) is 5.91 Å². The van der Waals surface area contributed by atoms with Crippen molar-refractivity contribution in [1.82, 2.24) is 10.4 Å². The molecule has 2 aliphatic rings. The summed E-state index contributed by atoms with van der Waals surface area (Å²) in [5.41, 5.74) is 3.36. The minimum absolute atomic E-state index is 0.292. The molecule has 2 atom stereocenters. The molecule has 1 saturated heterocycles. The highest BCUT2D eigenvalue weighted by molar-refractivity contribution is 5.81. The highest BCUT2D eigenvalue weighted by Crippen LogP contribution is 2.30. The number of amides is 1. The predicted molar refractivity (Wildman–Crippen MR) is 55.5 cm³/mol. The summed E-state index contributed by atoms with van der Waals surface area (Å²) >= 11 is 0. The minimum atomic E-state index is 0.292. The molecule has 0 radical (unpaired) electrons. The van der Waals surface area contributed by atoms with Crippen LogP contribution in [0, 0.1) is 5.92 Å². The molecule has 80 valence electrons. The second kappa shape index (κ2) is 4.30. The van der Waals surface area contributed by atoms with Crippen LogP contribution in [0.5, 0.6) is 0 Å². The van der Waals surface area contributed by atoms with E-state index in [1.54, 1.807) is 0 Å². The van der Waals surface area contributed by atoms with Crippen LogP contribution in [-0.2, 0) is 4.79 Å². The van der Waals surface area contributed by atoms with Gasteiger partial charge in [0.15, 0.2) is 0 Å². The van der Waals surface area contributed by atoms with Gasteiger partial charge in [-0.2, -0.15) is 0 Å². The second-order valence-electron chi connectivity index (χ2n) is 4.47. The van der Waals surface area contributed by atoms with Crippen molar-refractivity contribution in [3.8, 4) is 0 Å². The summed E-state index contributed by atoms with van der Waals surface area (Å²) in [7, 11) is 0. The van der Waals surface area contributed by atoms with Crippen molar-refractivity contribution in [2.75, 3.05) is 6.54 Å². The second-order valence-corrected chi connectivity index (χ2v) is 4.47. The molecule has 2 rings (SSSR count). The van der Waals surface area contributed by atoms with E-state index in [0.29, 0.717) is 17.9 Å². The molecule has 0 aromatic heterocycles. The van der Waals surface area contributed by atoms with Crippen LogP contribution >= 0.6 is 0 Å². The van der Waals surface area contributed by atoms with Crippen molar-refractivity contribution in [3.63, 3.8) is 0 Å². The molecule has 3 nitrogen and oxygen atoms in total. The van der Waals surface area contributed by atoms with E-state index < -0.39 is 0 Å². The van der Waals surface area contributed by atoms with Gasteiger partial charge in [-0.05, 0) is 19.3 Å². The first kappa shape index (κ1) is 9.97. The summed E-state index contributed by atoms with van der Waals surface area (Å²) in [6.07, 6.45) is 7.05. The lowest BCUT2D eigenvalue weighted by Gasteiger charge is -2.21. The van der Waals surface area contributed by atoms with E-state index in [1.807, 2.05) is 5.01 Å². The van der Waals surface area contributed by atoms with Crippen molar-refractivity contribution in [1.29, 1.82) is 0 Å². The Kier molecular flexibility index (Phi) is 3.06. The number of fused-ring (bicyclic) bond motifs is 1. The van der Waals surface area contributed by atoms with Crippen LogP contribution in [0.4, 0.5) is 0 Å². The number of unbranched alkanes of at least 4 members (excludes halogenated alkanes) is 1. The molecule has 3 heteroatoms. The van der Waals surface area contributed by atoms with Gasteiger partial charge in [-0.15, -0.1) is 0 Å². The molecule has 2 fully saturated rings. The van der Waals surface area contributed by atoms with E-state index in [2.05, 4.69) is 12.3 Å². The molecule has 0 spiro atoms. The zero-order valence-corrected chi connectivity index (χ0v) is 8.96. The van der Waals surface area contributed by atoms with Crippen molar-refractivity contribution in [3.05, 3.63) is 0 Å². The lowest BCUT2D eigenvalue weighted by atomic mass is 9.86. The van der Waals surface area contributed by atoms with Crippen molar-refractivity contribution < 1.29 is 4.79 Å². The Morgan fingerprint density at radius 1 is 1.43 bits per heavy atom. The zero-order valence-electron chi connectivity index (χ0n) is 8.96. The normalized spacial score (nSPS) is 32.1. The summed E-state index contributed by atoms with van der Waals surface area (Å²) in [5, 5.41) is 1.87. The van der Waals surface area contributed by atoms with E-state index in [9.17, 15) is 4.79 Å². The van der Waals surface area contributed by atoms with Crippen LogP contribution in [0.1, 0.15) is 45.4 Å². The molecule has 1 aliphatic carbocycles. The number of nitrogens with one attached hydrogen (secondary N) is 1. The van der Waals surface area contributed by atoms with Gasteiger partial charge in [-0.1, -0.05) is 26.2 Å². The van der Waals surface area contributed by atoms with Crippen LogP contribution in [0.25, 0.3) is 0 Å². The predicted octanol–water partition coefficient (Wildman–Crippen LogP) is 1.69. The third-order valence-corrected chi connectivity index (χ3v) is 3.41. The molecule has 1 saturated carbocycles. The Hall–Kier alpha value is -0.570. The molecule has 1 N–H and O–H groups in total. The van der Waals surface area contributed by atoms with Gasteiger partial charge in [0.25, 0.3) is 0 Å². The van der Waals surface area contributed by atoms with E-state index >= 15 is 0 Å². The first-order valence-electron chi connectivity index (χ1n) is 5.90. The molecule has 1 amide bonds. The van der Waals surface area contributed by atoms with Crippen molar-refractivity contribution in [2.45, 2.75) is 51.5 Å². The number of hydrogen-bond donors (Lipinski definition) is 1. The van der Waals surface area contributed by atoms with Gasteiger partial charge in [0.05, 0.1) is 5.92 Å². The molecular formula is C11H20N2O. The smallest absolute Gasteiger partial charge is 0.241 e. The topological polar surface area (TPSA) is 32.3 Å². The van der Waals surface area contributed by atoms with Crippen molar-refractivity contribution >= 4 is 5.91 Å². The highest BCUT2D eigenvalue weighted by Gasteiger charge is 2.40. The van der Waals surface area contributed by atoms with Gasteiger partial charge >= 0.3 is 0 Å². The first-order valence-corrected chi connectivity index (χ1v) is 5.90. The first-order chi connectivity index (χ1) is 6.83. The maximum Gasteiger partial charge on any atom is 0.241 e. The molecule has 0 aromatic carbocycles. The van der Waals surface area contributed by atoms with Crippen LogP contribution in [0.15, 0.2) is 0 Å². The number of carbonyl (C=O) groups is 1. The highest BCUT2D eigenvalue weighted by atomic mass is 16.2. The Balaban J connectivity index is 1.92. The molecule has 14 heavy (non-hydrogen) atoms. The molecule has 2 unspecified atom stereocenters. The number of carbonyl (C=O) groups excluding carboxylic acids is 1. The van der Waals surface area contributed by atoms with Crippen molar-refractivity contribution in [2.24, 2.45) is 5.92 Å². The van der Waals surface area contributed by atoms with Crippen LogP contribution in [0.3, 0.4) is 0 Å². The summed E-state index contributed by atoms with van der Waals surface area (Å²) < 4.78 is 0. The van der Waals surface area contributed by atoms with Gasteiger partial charge < -0.3 is 0 Å². The van der Waals surface area contributed by atoms with Gasteiger partial charge in [0, 0.05) is 12.6 Å². The van der Waals surface area contributed by atoms with Crippen LogP contribution < -0.4 is 5.43 Å². The zero-order chi connectivity index (χ0) is 9.97. The fourth-order valence-corrected chi connectivity index (χ4v) is 2.54. The summed E-state index contributed by atoms with van der Waals surface area (Å²) in [6, 6.07) is 0.452. The Bertz CT molecular complexity index is 217. The van der Waals surface area contributed by atoms with Gasteiger partial charge in [-0.25, -0.2) is 5.43 Å². The van der Waals surface area contributed by atoms with E-state index in [-0.39, 0.29) is 0 Å². The third-order valence-electron chi connectivity index (χ3n) is 3.41. The minimum Gasteiger partial charge on any atom is -0.277 e. The molecule has 0 bridgehead atoms. The summed E-state index contributed by atoms with van der Waals surface area (Å²) in [5.74, 6) is 0.642. The average molecular weight is 196 g/mol. The third kappa shape index (κ3) is 1.78. The van der Waals surface area contributed by atoms with Crippen LogP contribution in [-0.4, -0.2) is 23.5 Å². The Morgan fingerprint density at radius 2 is 2.21 bits per heavy atom. The number of hydrogen-bond acceptors (Lipinski definition) is 2. The maximum absolute atomic E-state index is 11.9. The number of nitrogens with zero attached hydrogens (tertiary/aromatic N) is 1. The summed E-state index contributed by atoms with van der Waals surface area (Å²) in [4.78, 5) is 11.9. The molecular weight excluding hydrogens is 176 g/mol. The monoisotopic (exact) mass is 196 g/mol. The lowest BCUT2D eigenvalue weighted by Crippen LogP contribution is -2.38. The fraction of sp³-hybridized carbons (Fsp3) is 0.909. The van der Waals surface area contributed by atoms with Gasteiger partial charge in [0.1, 0.15) is 0 Å². The largest absolute Gasteiger partial charge is 0.277 e. The van der Waals surface area contributed by atoms with E-state index in [0.717, 1.165) is 25.8 Å². The number of rotatable bonds is 3. The average Bonchev–Trinajstić information content (AvgIpc) is 2.54. The van der Waals surface area contributed by atoms with E-state index in [1.165, 1.54) is 19.3 Å². The quantitative estimate of drug-likeness (QED) is 0.745. The fourth-order valence-electron chi connectivity index (χ4n) is 2.54. The Morgan fingerprint density at radius 3 is 2.93 bits per heavy atom. The summed E-state index contributed by atoms with van der Waals surface area (Å²) in [6.45, 7) is 3.05. The molecule has 1 heterocycles. The number of hydrazine groups is 1. The van der Waals surface area contributed by atoms with Crippen LogP contribution in [0.2, 0.25) is 0 Å². The maximum atomic E-state index is 11.9. The molecule has 1 aliphatic heterocycles.